The summed E-state index contributed by atoms with van der Waals surface area (Å²) in [5.74, 6) is -6.56. The summed E-state index contributed by atoms with van der Waals surface area (Å²) < 4.78 is 17.4. The van der Waals surface area contributed by atoms with Gasteiger partial charge in [0.1, 0.15) is 47.7 Å². The van der Waals surface area contributed by atoms with Crippen LogP contribution >= 0.6 is 12.2 Å². The number of aromatic hydroxyl groups is 2. The third kappa shape index (κ3) is 12.3. The van der Waals surface area contributed by atoms with Gasteiger partial charge in [-0.15, -0.1) is 0 Å². The average Bonchev–Trinajstić information content (AvgIpc) is 1.50. The van der Waals surface area contributed by atoms with Crippen LogP contribution in [0.2, 0.25) is 0 Å². The van der Waals surface area contributed by atoms with Gasteiger partial charge in [0.2, 0.25) is 23.6 Å². The standard InChI is InChI=1S/C61H59N11O15S/c1-69-23-20-34-24-33(11-18-46(34)69)38-9-5-4-8-32(38)25-44(67-51(77)30-72-31-64-53-52(72)55(79)71(3)60(85)70(53)2)54(78)62-22-19-49(75)68-45(57(82)83)29-50(76)66-43(56(80)81)10-6-7-21-63-59(88)65-35-12-15-40-39(26-35)58(84)87-61(40)41-16-13-36(73)27-47(41)86-48-28-37(74)14-17-42(48)61/h4-5,8-9,11-18,20,23-24,26-28,31,43-45,73-74H,6-7,10,19,21-22,25,29-30H2,1-3H3,(H,62,78)(H,66,76)(H,67,77)(H,68,75)(H,80,81)(H,82,83)(H2,63,65,88)/t43-,44+,45-/m1/s1. The largest absolute Gasteiger partial charge is 0.508 e. The van der Waals surface area contributed by atoms with Crippen molar-refractivity contribution in [3.8, 4) is 34.1 Å². The third-order valence-corrected chi connectivity index (χ3v) is 15.6. The van der Waals surface area contributed by atoms with Crippen LogP contribution in [-0.2, 0) is 73.2 Å². The highest BCUT2D eigenvalue weighted by Gasteiger charge is 2.54. The molecule has 3 atom stereocenters. The summed E-state index contributed by atoms with van der Waals surface area (Å²) in [6, 6.07) is 24.5. The zero-order valence-electron chi connectivity index (χ0n) is 47.5. The summed E-state index contributed by atoms with van der Waals surface area (Å²) in [5, 5.41) is 57.5. The number of amides is 4. The number of carbonyl (C=O) groups excluding carboxylic acids is 5. The van der Waals surface area contributed by atoms with E-state index in [1.165, 1.54) is 53.8 Å². The molecule has 26 nitrogen and oxygen atoms in total. The van der Waals surface area contributed by atoms with Crippen LogP contribution in [0.25, 0.3) is 33.2 Å². The highest BCUT2D eigenvalue weighted by Crippen LogP contribution is 2.57. The van der Waals surface area contributed by atoms with E-state index in [2.05, 4.69) is 36.9 Å². The number of carboxylic acids is 2. The molecule has 5 heterocycles. The van der Waals surface area contributed by atoms with Gasteiger partial charge in [0.15, 0.2) is 21.9 Å². The number of thiocarbonyl (C=S) groups is 1. The Morgan fingerprint density at radius 3 is 2.09 bits per heavy atom. The van der Waals surface area contributed by atoms with Gasteiger partial charge in [-0.25, -0.2) is 24.2 Å². The minimum atomic E-state index is -1.79. The number of carboxylic acid groups (broad SMARTS) is 2. The maximum Gasteiger partial charge on any atom is 0.340 e. The lowest BCUT2D eigenvalue weighted by atomic mass is 9.77. The van der Waals surface area contributed by atoms with Gasteiger partial charge in [-0.2, -0.15) is 0 Å². The van der Waals surface area contributed by atoms with Crippen molar-refractivity contribution in [2.24, 2.45) is 21.1 Å². The number of ether oxygens (including phenoxy) is 2. The number of anilines is 1. The molecule has 10 rings (SSSR count). The molecule has 0 bridgehead atoms. The highest BCUT2D eigenvalue weighted by molar-refractivity contribution is 7.80. The van der Waals surface area contributed by atoms with Crippen molar-refractivity contribution in [3.05, 3.63) is 164 Å². The number of aryl methyl sites for hydroxylation is 2. The van der Waals surface area contributed by atoms with Crippen molar-refractivity contribution in [1.82, 2.24) is 49.8 Å². The maximum atomic E-state index is 14.1. The van der Waals surface area contributed by atoms with Gasteiger partial charge in [-0.3, -0.25) is 33.1 Å². The van der Waals surface area contributed by atoms with Gasteiger partial charge in [0.05, 0.1) is 18.3 Å². The molecule has 3 aromatic heterocycles. The molecule has 0 fully saturated rings. The molecular weight excluding hydrogens is 1160 g/mol. The molecule has 0 aliphatic carbocycles. The number of phenolic OH excluding ortho intramolecular Hbond substituents is 2. The molecule has 0 saturated carbocycles. The number of nitrogens with zero attached hydrogens (tertiary/aromatic N) is 5. The number of esters is 1. The fraction of sp³-hybridized carbons (Fsp3) is 0.262. The molecule has 454 valence electrons. The number of rotatable bonds is 22. The first-order chi connectivity index (χ1) is 42.1. The Bertz CT molecular complexity index is 4250. The minimum absolute atomic E-state index is 0.0182. The zero-order valence-corrected chi connectivity index (χ0v) is 48.3. The van der Waals surface area contributed by atoms with Crippen molar-refractivity contribution in [1.29, 1.82) is 0 Å². The first-order valence-corrected chi connectivity index (χ1v) is 28.1. The predicted molar refractivity (Wildman–Crippen MR) is 322 cm³/mol. The fourth-order valence-corrected chi connectivity index (χ4v) is 11.2. The second-order valence-corrected chi connectivity index (χ2v) is 21.7. The quantitative estimate of drug-likeness (QED) is 0.0264. The molecule has 4 amide bonds. The van der Waals surface area contributed by atoms with Crippen LogP contribution in [0.5, 0.6) is 23.0 Å². The second kappa shape index (κ2) is 25.0. The van der Waals surface area contributed by atoms with Crippen LogP contribution in [0, 0.1) is 0 Å². The lowest BCUT2D eigenvalue weighted by Gasteiger charge is -2.36. The number of hydrogen-bond donors (Lipinski definition) is 10. The van der Waals surface area contributed by atoms with E-state index < -0.39 is 95.9 Å². The van der Waals surface area contributed by atoms with E-state index in [1.807, 2.05) is 54.2 Å². The van der Waals surface area contributed by atoms with Crippen molar-refractivity contribution >= 4 is 86.6 Å². The number of carbonyl (C=O) groups is 7. The van der Waals surface area contributed by atoms with E-state index in [1.54, 1.807) is 42.5 Å². The summed E-state index contributed by atoms with van der Waals surface area (Å²) in [4.78, 5) is 122. The Kier molecular flexibility index (Phi) is 17.1. The Hall–Kier alpha value is -10.8. The van der Waals surface area contributed by atoms with E-state index >= 15 is 0 Å². The number of unbranched alkanes of at least 4 members (excludes halogenated alkanes) is 1. The van der Waals surface area contributed by atoms with E-state index in [-0.39, 0.29) is 77.2 Å². The van der Waals surface area contributed by atoms with Gasteiger partial charge in [0.25, 0.3) is 5.56 Å². The van der Waals surface area contributed by atoms with Gasteiger partial charge in [-0.1, -0.05) is 36.4 Å². The fourth-order valence-electron chi connectivity index (χ4n) is 11.0. The van der Waals surface area contributed by atoms with Gasteiger partial charge in [-0.05, 0) is 103 Å². The zero-order chi connectivity index (χ0) is 62.7. The van der Waals surface area contributed by atoms with Crippen LogP contribution in [-0.4, -0.2) is 122 Å². The molecule has 88 heavy (non-hydrogen) atoms. The number of nitrogens with one attached hydrogen (secondary N) is 6. The van der Waals surface area contributed by atoms with Crippen LogP contribution in [0.15, 0.2) is 125 Å². The van der Waals surface area contributed by atoms with Crippen molar-refractivity contribution in [2.75, 3.05) is 18.4 Å². The summed E-state index contributed by atoms with van der Waals surface area (Å²) in [5.41, 5.74) is 2.64. The van der Waals surface area contributed by atoms with Crippen molar-refractivity contribution < 1.29 is 63.5 Å². The minimum Gasteiger partial charge on any atom is -0.508 e. The number of benzene rings is 5. The molecule has 0 radical (unpaired) electrons. The van der Waals surface area contributed by atoms with E-state index in [9.17, 15) is 63.6 Å². The van der Waals surface area contributed by atoms with Crippen LogP contribution in [0.1, 0.15) is 64.7 Å². The maximum absolute atomic E-state index is 14.1. The number of fused-ring (bicyclic) bond motifs is 8. The van der Waals surface area contributed by atoms with Gasteiger partial charge in [0, 0.05) is 98.7 Å². The Morgan fingerprint density at radius 2 is 1.38 bits per heavy atom. The normalized spacial score (nSPS) is 13.6. The lowest BCUT2D eigenvalue weighted by molar-refractivity contribution is -0.144. The number of aromatic nitrogens is 5. The van der Waals surface area contributed by atoms with Gasteiger partial charge < -0.3 is 70.9 Å². The van der Waals surface area contributed by atoms with Crippen LogP contribution in [0.4, 0.5) is 5.69 Å². The molecular formula is C61H59N11O15S. The molecule has 5 aromatic carbocycles. The van der Waals surface area contributed by atoms with E-state index in [0.717, 1.165) is 26.6 Å². The number of imidazole rings is 1. The first-order valence-electron chi connectivity index (χ1n) is 27.7. The number of phenols is 2. The summed E-state index contributed by atoms with van der Waals surface area (Å²) in [6.45, 7) is -0.552. The highest BCUT2D eigenvalue weighted by atomic mass is 32.1. The first kappa shape index (κ1) is 60.3. The lowest BCUT2D eigenvalue weighted by Crippen LogP contribution is -2.50. The molecule has 1 spiro atoms. The predicted octanol–water partition coefficient (Wildman–Crippen LogP) is 3.49. The average molecular weight is 1220 g/mol. The smallest absolute Gasteiger partial charge is 0.340 e. The Balaban J connectivity index is 0.709. The Labute approximate surface area is 504 Å². The van der Waals surface area contributed by atoms with Gasteiger partial charge >= 0.3 is 23.6 Å². The molecule has 8 aromatic rings. The van der Waals surface area contributed by atoms with Crippen molar-refractivity contribution in [3.63, 3.8) is 0 Å². The Morgan fingerprint density at radius 1 is 0.693 bits per heavy atom. The molecule has 0 saturated heterocycles. The van der Waals surface area contributed by atoms with E-state index in [4.69, 9.17) is 21.7 Å². The molecule has 27 heteroatoms. The summed E-state index contributed by atoms with van der Waals surface area (Å²) in [7, 11) is 4.65. The number of aliphatic carboxylic acids is 2. The monoisotopic (exact) mass is 1220 g/mol. The third-order valence-electron chi connectivity index (χ3n) is 15.4. The summed E-state index contributed by atoms with van der Waals surface area (Å²) in [6.07, 6.45) is 2.40. The molecule has 10 N–H and O–H groups in total. The summed E-state index contributed by atoms with van der Waals surface area (Å²) >= 11 is 5.50. The van der Waals surface area contributed by atoms with Crippen molar-refractivity contribution in [2.45, 2.75) is 68.8 Å². The topological polar surface area (TPSA) is 358 Å². The van der Waals surface area contributed by atoms with Crippen LogP contribution in [0.3, 0.4) is 0 Å². The van der Waals surface area contributed by atoms with E-state index in [0.29, 0.717) is 34.4 Å². The van der Waals surface area contributed by atoms with Crippen LogP contribution < -0.4 is 47.9 Å². The second-order valence-electron chi connectivity index (χ2n) is 21.3. The number of hydrogen-bond acceptors (Lipinski definition) is 15. The molecule has 2 aliphatic rings. The SMILES string of the molecule is Cn1c(=O)c2c(ncn2CC(=O)N[C@@H](Cc2ccccc2-c2ccc3c(ccn3C)c2)C(=O)NCCC(=O)N[C@H](CC(=O)N[C@H](CCCCNC(=S)Nc2ccc3c(c2)C(=O)OC32c3ccc(O)cc3Oc3cc(O)ccc32)C(=O)O)C(=O)O)n(C)c1=O. The molecule has 0 unspecified atom stereocenters. The molecule has 2 aliphatic heterocycles.